The quantitative estimate of drug-likeness (QED) is 0.725. The number of halogens is 3. The molecular formula is C18H30Cl2FN3O2. The van der Waals surface area contributed by atoms with E-state index in [1.54, 1.807) is 6.07 Å². The third-order valence-electron chi connectivity index (χ3n) is 4.25. The molecule has 0 bridgehead atoms. The summed E-state index contributed by atoms with van der Waals surface area (Å²) in [6, 6.07) is 5.95. The van der Waals surface area contributed by atoms with Crippen molar-refractivity contribution in [2.45, 2.75) is 32.4 Å². The van der Waals surface area contributed by atoms with Crippen molar-refractivity contribution >= 4 is 30.7 Å². The normalized spacial score (nSPS) is 17.0. The fourth-order valence-corrected chi connectivity index (χ4v) is 3.00. The summed E-state index contributed by atoms with van der Waals surface area (Å²) in [6.45, 7) is 7.30. The number of nitrogens with one attached hydrogen (secondary N) is 1. The Kier molecular flexibility index (Phi) is 12.0. The predicted octanol–water partition coefficient (Wildman–Crippen LogP) is 2.53. The summed E-state index contributed by atoms with van der Waals surface area (Å²) >= 11 is 0. The van der Waals surface area contributed by atoms with Gasteiger partial charge in [0.1, 0.15) is 5.82 Å². The number of ether oxygens (including phenoxy) is 1. The molecular weight excluding hydrogens is 380 g/mol. The van der Waals surface area contributed by atoms with Gasteiger partial charge < -0.3 is 15.8 Å². The molecule has 5 nitrogen and oxygen atoms in total. The number of nitrogens with two attached hydrogens (primary N) is 1. The van der Waals surface area contributed by atoms with Crippen molar-refractivity contribution in [2.24, 2.45) is 11.7 Å². The van der Waals surface area contributed by atoms with E-state index in [0.29, 0.717) is 32.1 Å². The molecule has 1 heterocycles. The molecule has 150 valence electrons. The molecule has 1 unspecified atom stereocenters. The van der Waals surface area contributed by atoms with Crippen LogP contribution >= 0.6 is 24.8 Å². The first kappa shape index (κ1) is 25.1. The summed E-state index contributed by atoms with van der Waals surface area (Å²) in [5.41, 5.74) is 6.80. The van der Waals surface area contributed by atoms with E-state index >= 15 is 0 Å². The number of rotatable bonds is 7. The number of hydrogen-bond acceptors (Lipinski definition) is 4. The Morgan fingerprint density at radius 2 is 1.96 bits per heavy atom. The van der Waals surface area contributed by atoms with Crippen molar-refractivity contribution in [3.05, 3.63) is 35.6 Å². The number of carbonyl (C=O) groups is 1. The molecule has 0 saturated carbocycles. The largest absolute Gasteiger partial charge is 0.379 e. The van der Waals surface area contributed by atoms with Crippen LogP contribution in [-0.2, 0) is 9.53 Å². The second kappa shape index (κ2) is 12.5. The monoisotopic (exact) mass is 409 g/mol. The van der Waals surface area contributed by atoms with E-state index in [9.17, 15) is 9.18 Å². The van der Waals surface area contributed by atoms with Gasteiger partial charge >= 0.3 is 0 Å². The van der Waals surface area contributed by atoms with Gasteiger partial charge in [-0.3, -0.25) is 9.69 Å². The zero-order valence-electron chi connectivity index (χ0n) is 15.3. The van der Waals surface area contributed by atoms with Crippen LogP contribution in [0.1, 0.15) is 31.9 Å². The molecule has 3 N–H and O–H groups in total. The highest BCUT2D eigenvalue weighted by molar-refractivity contribution is 5.85. The zero-order chi connectivity index (χ0) is 17.5. The molecule has 8 heteroatoms. The Balaban J connectivity index is 0.00000312. The van der Waals surface area contributed by atoms with Crippen LogP contribution < -0.4 is 11.1 Å². The van der Waals surface area contributed by atoms with E-state index in [4.69, 9.17) is 10.5 Å². The molecule has 0 aliphatic carbocycles. The van der Waals surface area contributed by atoms with E-state index in [-0.39, 0.29) is 42.6 Å². The van der Waals surface area contributed by atoms with Gasteiger partial charge in [0.2, 0.25) is 5.91 Å². The molecule has 1 aromatic carbocycles. The number of benzene rings is 1. The highest BCUT2D eigenvalue weighted by atomic mass is 35.5. The summed E-state index contributed by atoms with van der Waals surface area (Å²) in [7, 11) is 0. The van der Waals surface area contributed by atoms with Gasteiger partial charge in [0.15, 0.2) is 0 Å². The molecule has 2 rings (SSSR count). The Hall–Kier alpha value is -0.920. The highest BCUT2D eigenvalue weighted by Crippen LogP contribution is 2.22. The van der Waals surface area contributed by atoms with Crippen molar-refractivity contribution in [2.75, 3.05) is 32.8 Å². The number of nitrogens with zero attached hydrogens (tertiary/aromatic N) is 1. The number of carbonyl (C=O) groups excluding carboxylic acids is 1. The minimum Gasteiger partial charge on any atom is -0.379 e. The summed E-state index contributed by atoms with van der Waals surface area (Å²) in [6.07, 6.45) is 0.647. The lowest BCUT2D eigenvalue weighted by Crippen LogP contribution is -2.47. The lowest BCUT2D eigenvalue weighted by Gasteiger charge is -2.35. The van der Waals surface area contributed by atoms with Crippen molar-refractivity contribution in [1.82, 2.24) is 10.2 Å². The Morgan fingerprint density at radius 1 is 1.31 bits per heavy atom. The van der Waals surface area contributed by atoms with E-state index in [1.807, 2.05) is 19.9 Å². The maximum absolute atomic E-state index is 13.6. The average Bonchev–Trinajstić information content (AvgIpc) is 2.55. The van der Waals surface area contributed by atoms with Crippen LogP contribution in [0.25, 0.3) is 0 Å². The van der Waals surface area contributed by atoms with Gasteiger partial charge in [-0.15, -0.1) is 24.8 Å². The lowest BCUT2D eigenvalue weighted by molar-refractivity contribution is -0.123. The van der Waals surface area contributed by atoms with Gasteiger partial charge in [-0.2, -0.15) is 0 Å². The van der Waals surface area contributed by atoms with Crippen molar-refractivity contribution in [3.63, 3.8) is 0 Å². The summed E-state index contributed by atoms with van der Waals surface area (Å²) in [4.78, 5) is 14.4. The average molecular weight is 410 g/mol. The number of morpholine rings is 1. The molecule has 0 aromatic heterocycles. The first-order valence-electron chi connectivity index (χ1n) is 8.58. The van der Waals surface area contributed by atoms with Gasteiger partial charge in [0, 0.05) is 19.6 Å². The molecule has 1 fully saturated rings. The molecule has 1 aliphatic rings. The summed E-state index contributed by atoms with van der Waals surface area (Å²) in [5, 5.41) is 2.93. The minimum absolute atomic E-state index is 0. The first-order chi connectivity index (χ1) is 11.5. The topological polar surface area (TPSA) is 67.6 Å². The molecule has 1 amide bonds. The minimum atomic E-state index is -0.511. The predicted molar refractivity (Wildman–Crippen MR) is 106 cm³/mol. The molecule has 1 saturated heterocycles. The van der Waals surface area contributed by atoms with Gasteiger partial charge in [-0.05, 0) is 30.0 Å². The summed E-state index contributed by atoms with van der Waals surface area (Å²) in [5.74, 6) is -0.0593. The fourth-order valence-electron chi connectivity index (χ4n) is 3.00. The third kappa shape index (κ3) is 7.76. The van der Waals surface area contributed by atoms with Crippen LogP contribution in [-0.4, -0.2) is 49.7 Å². The molecule has 26 heavy (non-hydrogen) atoms. The summed E-state index contributed by atoms with van der Waals surface area (Å²) < 4.78 is 19.0. The molecule has 0 radical (unpaired) electrons. The molecule has 1 aromatic rings. The van der Waals surface area contributed by atoms with Crippen molar-refractivity contribution in [3.8, 4) is 0 Å². The molecule has 2 atom stereocenters. The third-order valence-corrected chi connectivity index (χ3v) is 4.25. The lowest BCUT2D eigenvalue weighted by atomic mass is 10.0. The number of hydrogen-bond donors (Lipinski definition) is 2. The van der Waals surface area contributed by atoms with E-state index in [2.05, 4.69) is 10.2 Å². The van der Waals surface area contributed by atoms with Crippen molar-refractivity contribution in [1.29, 1.82) is 0 Å². The van der Waals surface area contributed by atoms with Crippen LogP contribution in [0.5, 0.6) is 0 Å². The van der Waals surface area contributed by atoms with Crippen LogP contribution in [0.15, 0.2) is 24.3 Å². The Bertz CT molecular complexity index is 543. The van der Waals surface area contributed by atoms with Gasteiger partial charge in [0.25, 0.3) is 0 Å². The van der Waals surface area contributed by atoms with Crippen molar-refractivity contribution < 1.29 is 13.9 Å². The first-order valence-corrected chi connectivity index (χ1v) is 8.58. The SMILES string of the molecule is CC(C)C[C@H](N)C(=O)NCC(c1cccc(F)c1)N1CCOCC1.Cl.Cl. The second-order valence-corrected chi connectivity index (χ2v) is 6.70. The highest BCUT2D eigenvalue weighted by Gasteiger charge is 2.24. The van der Waals surface area contributed by atoms with Gasteiger partial charge in [0.05, 0.1) is 25.3 Å². The standard InChI is InChI=1S/C18H28FN3O2.2ClH/c1-13(2)10-16(20)18(23)21-12-17(22-6-8-24-9-7-22)14-4-3-5-15(19)11-14;;/h3-5,11,13,16-17H,6-10,12,20H2,1-2H3,(H,21,23);2*1H/t16-,17?;;/m0../s1. The molecule has 0 spiro atoms. The smallest absolute Gasteiger partial charge is 0.236 e. The van der Waals surface area contributed by atoms with E-state index in [1.165, 1.54) is 12.1 Å². The van der Waals surface area contributed by atoms with Crippen LogP contribution in [0, 0.1) is 11.7 Å². The Labute approximate surface area is 167 Å². The van der Waals surface area contributed by atoms with E-state index < -0.39 is 6.04 Å². The van der Waals surface area contributed by atoms with Gasteiger partial charge in [-0.25, -0.2) is 4.39 Å². The maximum atomic E-state index is 13.6. The van der Waals surface area contributed by atoms with Gasteiger partial charge in [-0.1, -0.05) is 26.0 Å². The maximum Gasteiger partial charge on any atom is 0.236 e. The van der Waals surface area contributed by atoms with Crippen LogP contribution in [0.2, 0.25) is 0 Å². The zero-order valence-corrected chi connectivity index (χ0v) is 17.0. The fraction of sp³-hybridized carbons (Fsp3) is 0.611. The second-order valence-electron chi connectivity index (χ2n) is 6.70. The number of amides is 1. The van der Waals surface area contributed by atoms with Crippen LogP contribution in [0.4, 0.5) is 4.39 Å². The van der Waals surface area contributed by atoms with Crippen LogP contribution in [0.3, 0.4) is 0 Å². The molecule has 1 aliphatic heterocycles. The van der Waals surface area contributed by atoms with E-state index in [0.717, 1.165) is 18.7 Å². The Morgan fingerprint density at radius 3 is 2.54 bits per heavy atom.